The van der Waals surface area contributed by atoms with Crippen molar-refractivity contribution in [2.24, 2.45) is 5.16 Å². The van der Waals surface area contributed by atoms with Crippen LogP contribution in [0.15, 0.2) is 20.9 Å². The van der Waals surface area contributed by atoms with Gasteiger partial charge in [-0.15, -0.1) is 0 Å². The third-order valence-electron chi connectivity index (χ3n) is 1.24. The number of nitrogens with one attached hydrogen (secondary N) is 2. The van der Waals surface area contributed by atoms with Crippen molar-refractivity contribution in [1.82, 2.24) is 9.97 Å². The molecule has 6 heteroatoms. The standard InChI is InChI=1S/C7H9N3O3/c1-2-13-9-4-5-3-8-7(12)10-6(5)11/h3-4H,2H2,1H3,(H2,8,10,11,12)/b9-4+. The van der Waals surface area contributed by atoms with E-state index in [2.05, 4.69) is 20.0 Å². The van der Waals surface area contributed by atoms with Crippen LogP contribution >= 0.6 is 0 Å². The summed E-state index contributed by atoms with van der Waals surface area (Å²) in [4.78, 5) is 30.6. The van der Waals surface area contributed by atoms with Crippen LogP contribution in [0.25, 0.3) is 0 Å². The van der Waals surface area contributed by atoms with Crippen molar-refractivity contribution < 1.29 is 4.84 Å². The van der Waals surface area contributed by atoms with Gasteiger partial charge in [-0.1, -0.05) is 5.16 Å². The van der Waals surface area contributed by atoms with Crippen LogP contribution in [-0.2, 0) is 4.84 Å². The Morgan fingerprint density at radius 3 is 3.00 bits per heavy atom. The molecule has 0 saturated heterocycles. The summed E-state index contributed by atoms with van der Waals surface area (Å²) in [5, 5.41) is 3.48. The van der Waals surface area contributed by atoms with Crippen molar-refractivity contribution in [2.45, 2.75) is 6.92 Å². The third kappa shape index (κ3) is 2.58. The maximum atomic E-state index is 11.0. The highest BCUT2D eigenvalue weighted by Gasteiger charge is 1.94. The Morgan fingerprint density at radius 2 is 2.38 bits per heavy atom. The van der Waals surface area contributed by atoms with E-state index in [0.717, 1.165) is 0 Å². The van der Waals surface area contributed by atoms with Gasteiger partial charge in [0, 0.05) is 6.20 Å². The minimum atomic E-state index is -0.543. The predicted octanol–water partition coefficient (Wildman–Crippen LogP) is -0.566. The quantitative estimate of drug-likeness (QED) is 0.486. The second-order valence-corrected chi connectivity index (χ2v) is 2.18. The summed E-state index contributed by atoms with van der Waals surface area (Å²) < 4.78 is 0. The lowest BCUT2D eigenvalue weighted by molar-refractivity contribution is 0.160. The lowest BCUT2D eigenvalue weighted by Gasteiger charge is -1.91. The summed E-state index contributed by atoms with van der Waals surface area (Å²) >= 11 is 0. The molecule has 6 nitrogen and oxygen atoms in total. The lowest BCUT2D eigenvalue weighted by atomic mass is 10.4. The third-order valence-corrected chi connectivity index (χ3v) is 1.24. The summed E-state index contributed by atoms with van der Waals surface area (Å²) in [6.07, 6.45) is 2.50. The van der Waals surface area contributed by atoms with E-state index in [4.69, 9.17) is 0 Å². The number of aromatic nitrogens is 2. The molecule has 0 spiro atoms. The highest BCUT2D eigenvalue weighted by Crippen LogP contribution is 1.79. The van der Waals surface area contributed by atoms with E-state index in [1.165, 1.54) is 12.4 Å². The summed E-state index contributed by atoms with van der Waals surface area (Å²) in [7, 11) is 0. The van der Waals surface area contributed by atoms with E-state index in [1.54, 1.807) is 6.92 Å². The molecule has 0 fully saturated rings. The second-order valence-electron chi connectivity index (χ2n) is 2.18. The van der Waals surface area contributed by atoms with E-state index in [9.17, 15) is 9.59 Å². The van der Waals surface area contributed by atoms with E-state index in [1.807, 2.05) is 0 Å². The zero-order valence-corrected chi connectivity index (χ0v) is 7.03. The van der Waals surface area contributed by atoms with Crippen LogP contribution in [0.1, 0.15) is 12.5 Å². The molecule has 0 saturated carbocycles. The van der Waals surface area contributed by atoms with Crippen LogP contribution < -0.4 is 11.2 Å². The molecule has 0 atom stereocenters. The van der Waals surface area contributed by atoms with Gasteiger partial charge < -0.3 is 9.82 Å². The number of aromatic amines is 2. The molecule has 0 bridgehead atoms. The normalized spacial score (nSPS) is 10.5. The molecular formula is C7H9N3O3. The molecule has 0 aliphatic rings. The Bertz CT molecular complexity index is 404. The van der Waals surface area contributed by atoms with Gasteiger partial charge in [-0.2, -0.15) is 0 Å². The average molecular weight is 183 g/mol. The molecule has 0 aliphatic carbocycles. The van der Waals surface area contributed by atoms with Gasteiger partial charge in [-0.05, 0) is 6.92 Å². The summed E-state index contributed by atoms with van der Waals surface area (Å²) in [5.41, 5.74) is -0.793. The monoisotopic (exact) mass is 183 g/mol. The van der Waals surface area contributed by atoms with Crippen LogP contribution in [-0.4, -0.2) is 22.8 Å². The van der Waals surface area contributed by atoms with Gasteiger partial charge in [-0.3, -0.25) is 9.78 Å². The highest BCUT2D eigenvalue weighted by molar-refractivity contribution is 5.77. The number of nitrogens with zero attached hydrogens (tertiary/aromatic N) is 1. The van der Waals surface area contributed by atoms with Crippen LogP contribution in [0.5, 0.6) is 0 Å². The van der Waals surface area contributed by atoms with Gasteiger partial charge in [0.25, 0.3) is 5.56 Å². The minimum Gasteiger partial charge on any atom is -0.396 e. The summed E-state index contributed by atoms with van der Waals surface area (Å²) in [6.45, 7) is 2.20. The molecule has 2 N–H and O–H groups in total. The first-order valence-corrected chi connectivity index (χ1v) is 3.71. The first kappa shape index (κ1) is 9.24. The molecule has 0 radical (unpaired) electrons. The smallest absolute Gasteiger partial charge is 0.325 e. The highest BCUT2D eigenvalue weighted by atomic mass is 16.6. The fraction of sp³-hybridized carbons (Fsp3) is 0.286. The number of hydrogen-bond donors (Lipinski definition) is 2. The van der Waals surface area contributed by atoms with Crippen molar-refractivity contribution >= 4 is 6.21 Å². The Balaban J connectivity index is 2.90. The van der Waals surface area contributed by atoms with Crippen LogP contribution in [0.4, 0.5) is 0 Å². The van der Waals surface area contributed by atoms with E-state index in [0.29, 0.717) is 6.61 Å². The Morgan fingerprint density at radius 1 is 1.62 bits per heavy atom. The molecule has 1 aromatic rings. The van der Waals surface area contributed by atoms with Crippen molar-refractivity contribution in [2.75, 3.05) is 6.61 Å². The molecule has 0 unspecified atom stereocenters. The number of oxime groups is 1. The van der Waals surface area contributed by atoms with Gasteiger partial charge >= 0.3 is 5.69 Å². The maximum absolute atomic E-state index is 11.0. The van der Waals surface area contributed by atoms with Crippen LogP contribution in [0, 0.1) is 0 Å². The van der Waals surface area contributed by atoms with E-state index < -0.39 is 11.2 Å². The predicted molar refractivity (Wildman–Crippen MR) is 46.9 cm³/mol. The SMILES string of the molecule is CCO/N=C/c1c[nH]c(=O)[nH]c1=O. The number of H-pyrrole nitrogens is 2. The topological polar surface area (TPSA) is 87.3 Å². The molecule has 0 aliphatic heterocycles. The average Bonchev–Trinajstić information content (AvgIpc) is 2.09. The zero-order valence-electron chi connectivity index (χ0n) is 7.03. The molecule has 0 amide bonds. The molecule has 1 aromatic heterocycles. The van der Waals surface area contributed by atoms with Gasteiger partial charge in [0.05, 0.1) is 11.8 Å². The molecule has 1 heterocycles. The fourth-order valence-electron chi connectivity index (χ4n) is 0.685. The minimum absolute atomic E-state index is 0.244. The van der Waals surface area contributed by atoms with Gasteiger partial charge in [0.15, 0.2) is 0 Å². The second kappa shape index (κ2) is 4.24. The lowest BCUT2D eigenvalue weighted by Crippen LogP contribution is -2.24. The van der Waals surface area contributed by atoms with E-state index in [-0.39, 0.29) is 5.56 Å². The fourth-order valence-corrected chi connectivity index (χ4v) is 0.685. The van der Waals surface area contributed by atoms with Crippen molar-refractivity contribution in [3.05, 3.63) is 32.6 Å². The largest absolute Gasteiger partial charge is 0.396 e. The molecule has 13 heavy (non-hydrogen) atoms. The van der Waals surface area contributed by atoms with Gasteiger partial charge in [0.1, 0.15) is 6.61 Å². The zero-order chi connectivity index (χ0) is 9.68. The van der Waals surface area contributed by atoms with Crippen LogP contribution in [0.2, 0.25) is 0 Å². The van der Waals surface area contributed by atoms with Gasteiger partial charge in [-0.25, -0.2) is 4.79 Å². The van der Waals surface area contributed by atoms with E-state index >= 15 is 0 Å². The Labute approximate surface area is 73.3 Å². The summed E-state index contributed by atoms with van der Waals surface area (Å²) in [5.74, 6) is 0. The number of hydrogen-bond acceptors (Lipinski definition) is 4. The summed E-state index contributed by atoms with van der Waals surface area (Å²) in [6, 6.07) is 0. The Kier molecular flexibility index (Phi) is 3.02. The number of rotatable bonds is 3. The van der Waals surface area contributed by atoms with Crippen molar-refractivity contribution in [3.63, 3.8) is 0 Å². The molecular weight excluding hydrogens is 174 g/mol. The molecule has 0 aromatic carbocycles. The maximum Gasteiger partial charge on any atom is 0.325 e. The first-order chi connectivity index (χ1) is 6.24. The van der Waals surface area contributed by atoms with Crippen LogP contribution in [0.3, 0.4) is 0 Å². The van der Waals surface area contributed by atoms with Crippen molar-refractivity contribution in [1.29, 1.82) is 0 Å². The molecule has 1 rings (SSSR count). The first-order valence-electron chi connectivity index (χ1n) is 3.71. The Hall–Kier alpha value is -1.85. The van der Waals surface area contributed by atoms with Gasteiger partial charge in [0.2, 0.25) is 0 Å². The van der Waals surface area contributed by atoms with Crippen molar-refractivity contribution in [3.8, 4) is 0 Å². The molecule has 70 valence electrons.